The fraction of sp³-hybridized carbons (Fsp3) is 0.400. The number of hydrogen-bond acceptors (Lipinski definition) is 4. The van der Waals surface area contributed by atoms with Crippen molar-refractivity contribution in [1.29, 1.82) is 0 Å². The Morgan fingerprint density at radius 1 is 0.952 bits per heavy atom. The van der Waals surface area contributed by atoms with Crippen molar-refractivity contribution in [3.63, 3.8) is 0 Å². The number of ether oxygens (including phenoxy) is 1. The number of nitrogens with one attached hydrogen (secondary N) is 2. The second kappa shape index (κ2) is 14.0. The van der Waals surface area contributed by atoms with Gasteiger partial charge >= 0.3 is 6.09 Å². The number of alkyl carbamates (subject to hydrolysis) is 1. The van der Waals surface area contributed by atoms with Crippen LogP contribution in [0.25, 0.3) is 10.8 Å². The van der Waals surface area contributed by atoms with E-state index in [1.165, 1.54) is 0 Å². The van der Waals surface area contributed by atoms with Gasteiger partial charge in [0.15, 0.2) is 0 Å². The van der Waals surface area contributed by atoms with Crippen LogP contribution in [0.5, 0.6) is 0 Å². The first-order valence-electron chi connectivity index (χ1n) is 14.5. The van der Waals surface area contributed by atoms with Gasteiger partial charge < -0.3 is 20.3 Å². The summed E-state index contributed by atoms with van der Waals surface area (Å²) in [5.41, 5.74) is 0.911. The number of terminal acetylenes is 1. The Morgan fingerprint density at radius 3 is 2.21 bits per heavy atom. The van der Waals surface area contributed by atoms with Crippen molar-refractivity contribution >= 4 is 34.4 Å². The van der Waals surface area contributed by atoms with Crippen LogP contribution in [-0.4, -0.2) is 40.5 Å². The third kappa shape index (κ3) is 8.36. The van der Waals surface area contributed by atoms with Crippen molar-refractivity contribution in [2.45, 2.75) is 85.0 Å². The zero-order chi connectivity index (χ0) is 31.0. The number of hydrogen-bond donors (Lipinski definition) is 2. The van der Waals surface area contributed by atoms with E-state index >= 15 is 0 Å². The third-order valence-corrected chi connectivity index (χ3v) is 6.97. The maximum absolute atomic E-state index is 14.5. The molecular weight excluding hydrogens is 526 g/mol. The SMILES string of the molecule is C#Cc1ccccc1C(C(=O)Nc1ccc2ccccc2c1)N(C(=O)C(CC(C)C)NC(=O)OC(C)(C)C)C(C)CC. The number of anilines is 1. The summed E-state index contributed by atoms with van der Waals surface area (Å²) in [7, 11) is 0. The molecular formula is C35H43N3O4. The van der Waals surface area contributed by atoms with Gasteiger partial charge in [-0.1, -0.05) is 75.2 Å². The second-order valence-electron chi connectivity index (χ2n) is 12.0. The minimum Gasteiger partial charge on any atom is -0.444 e. The van der Waals surface area contributed by atoms with Gasteiger partial charge in [0.1, 0.15) is 17.7 Å². The molecule has 7 nitrogen and oxygen atoms in total. The Hall–Kier alpha value is -4.31. The molecule has 3 amide bonds. The van der Waals surface area contributed by atoms with Crippen LogP contribution >= 0.6 is 0 Å². The average Bonchev–Trinajstić information content (AvgIpc) is 2.93. The fourth-order valence-electron chi connectivity index (χ4n) is 4.88. The smallest absolute Gasteiger partial charge is 0.408 e. The van der Waals surface area contributed by atoms with Crippen LogP contribution in [0.1, 0.15) is 78.5 Å². The second-order valence-corrected chi connectivity index (χ2v) is 12.0. The van der Waals surface area contributed by atoms with Crippen molar-refractivity contribution in [3.05, 3.63) is 77.9 Å². The molecule has 0 bridgehead atoms. The minimum absolute atomic E-state index is 0.0792. The van der Waals surface area contributed by atoms with Gasteiger partial charge in [-0.2, -0.15) is 0 Å². The van der Waals surface area contributed by atoms with Crippen molar-refractivity contribution < 1.29 is 19.1 Å². The molecule has 0 saturated heterocycles. The van der Waals surface area contributed by atoms with Crippen molar-refractivity contribution in [2.24, 2.45) is 5.92 Å². The summed E-state index contributed by atoms with van der Waals surface area (Å²) in [6, 6.07) is 18.4. The van der Waals surface area contributed by atoms with Gasteiger partial charge in [0.2, 0.25) is 5.91 Å². The molecule has 0 radical (unpaired) electrons. The van der Waals surface area contributed by atoms with Crippen molar-refractivity contribution in [3.8, 4) is 12.3 Å². The summed E-state index contributed by atoms with van der Waals surface area (Å²) in [6.07, 6.45) is 6.13. The number of rotatable bonds is 10. The van der Waals surface area contributed by atoms with Gasteiger partial charge in [-0.25, -0.2) is 4.79 Å². The molecule has 3 aromatic rings. The lowest BCUT2D eigenvalue weighted by Crippen LogP contribution is -2.55. The zero-order valence-electron chi connectivity index (χ0n) is 25.7. The standard InChI is InChI=1S/C35H43N3O4/c1-9-24(5)38(33(40)30(21-23(3)4)37-34(41)42-35(6,7)8)31(29-18-14-13-15-25(29)10-2)32(39)36-28-20-19-26-16-11-12-17-27(26)22-28/h2,11-20,22-24,30-31H,9,21H2,1,3-8H3,(H,36,39)(H,37,41). The highest BCUT2D eigenvalue weighted by atomic mass is 16.6. The van der Waals surface area contributed by atoms with E-state index in [1.807, 2.05) is 70.2 Å². The number of carbonyl (C=O) groups excluding carboxylic acids is 3. The van der Waals surface area contributed by atoms with Gasteiger partial charge in [-0.3, -0.25) is 9.59 Å². The van der Waals surface area contributed by atoms with E-state index in [1.54, 1.807) is 49.9 Å². The molecule has 3 unspecified atom stereocenters. The quantitative estimate of drug-likeness (QED) is 0.256. The highest BCUT2D eigenvalue weighted by molar-refractivity contribution is 6.00. The molecule has 3 rings (SSSR count). The van der Waals surface area contributed by atoms with E-state index in [0.29, 0.717) is 29.7 Å². The van der Waals surface area contributed by atoms with Gasteiger partial charge in [0, 0.05) is 17.3 Å². The first-order valence-corrected chi connectivity index (χ1v) is 14.5. The molecule has 3 aromatic carbocycles. The van der Waals surface area contributed by atoms with Crippen molar-refractivity contribution in [2.75, 3.05) is 5.32 Å². The largest absolute Gasteiger partial charge is 0.444 e. The lowest BCUT2D eigenvalue weighted by molar-refractivity contribution is -0.143. The number of amides is 3. The van der Waals surface area contributed by atoms with Crippen LogP contribution in [0, 0.1) is 18.3 Å². The summed E-state index contributed by atoms with van der Waals surface area (Å²) in [6.45, 7) is 13.1. The molecule has 0 heterocycles. The topological polar surface area (TPSA) is 87.7 Å². The lowest BCUT2D eigenvalue weighted by Gasteiger charge is -2.39. The molecule has 222 valence electrons. The summed E-state index contributed by atoms with van der Waals surface area (Å²) in [5.74, 6) is 1.98. The maximum Gasteiger partial charge on any atom is 0.408 e. The van der Waals surface area contributed by atoms with Crippen molar-refractivity contribution in [1.82, 2.24) is 10.2 Å². The maximum atomic E-state index is 14.5. The Labute approximate surface area is 250 Å². The average molecular weight is 570 g/mol. The summed E-state index contributed by atoms with van der Waals surface area (Å²) in [4.78, 5) is 43.1. The van der Waals surface area contributed by atoms with E-state index < -0.39 is 29.7 Å². The van der Waals surface area contributed by atoms with Crippen LogP contribution in [0.4, 0.5) is 10.5 Å². The van der Waals surface area contributed by atoms with Crippen LogP contribution in [-0.2, 0) is 14.3 Å². The van der Waals surface area contributed by atoms with Gasteiger partial charge in [-0.15, -0.1) is 6.42 Å². The zero-order valence-corrected chi connectivity index (χ0v) is 25.7. The molecule has 0 aliphatic rings. The summed E-state index contributed by atoms with van der Waals surface area (Å²) < 4.78 is 5.48. The third-order valence-electron chi connectivity index (χ3n) is 6.97. The number of benzene rings is 3. The number of carbonyl (C=O) groups is 3. The highest BCUT2D eigenvalue weighted by Gasteiger charge is 2.39. The Balaban J connectivity index is 2.10. The fourth-order valence-corrected chi connectivity index (χ4v) is 4.88. The van der Waals surface area contributed by atoms with Crippen LogP contribution in [0.15, 0.2) is 66.7 Å². The predicted octanol–water partition coefficient (Wildman–Crippen LogP) is 7.07. The van der Waals surface area contributed by atoms with Gasteiger partial charge in [-0.05, 0) is 81.0 Å². The molecule has 0 fully saturated rings. The lowest BCUT2D eigenvalue weighted by atomic mass is 9.94. The monoisotopic (exact) mass is 569 g/mol. The Morgan fingerprint density at radius 2 is 1.60 bits per heavy atom. The summed E-state index contributed by atoms with van der Waals surface area (Å²) in [5, 5.41) is 7.84. The first kappa shape index (κ1) is 32.2. The van der Waals surface area contributed by atoms with E-state index in [2.05, 4.69) is 16.6 Å². The Bertz CT molecular complexity index is 1450. The number of nitrogens with zero attached hydrogens (tertiary/aromatic N) is 1. The van der Waals surface area contributed by atoms with E-state index in [-0.39, 0.29) is 17.9 Å². The highest BCUT2D eigenvalue weighted by Crippen LogP contribution is 2.31. The van der Waals surface area contributed by atoms with Gasteiger partial charge in [0.05, 0.1) is 0 Å². The minimum atomic E-state index is -1.05. The van der Waals surface area contributed by atoms with E-state index in [4.69, 9.17) is 11.2 Å². The Kier molecular flexibility index (Phi) is 10.8. The molecule has 0 aliphatic heterocycles. The van der Waals surface area contributed by atoms with Gasteiger partial charge in [0.25, 0.3) is 5.91 Å². The molecule has 42 heavy (non-hydrogen) atoms. The van der Waals surface area contributed by atoms with E-state index in [9.17, 15) is 14.4 Å². The molecule has 7 heteroatoms. The summed E-state index contributed by atoms with van der Waals surface area (Å²) >= 11 is 0. The molecule has 0 spiro atoms. The van der Waals surface area contributed by atoms with Crippen LogP contribution in [0.3, 0.4) is 0 Å². The molecule has 0 aliphatic carbocycles. The van der Waals surface area contributed by atoms with Crippen LogP contribution < -0.4 is 10.6 Å². The first-order chi connectivity index (χ1) is 19.8. The molecule has 0 aromatic heterocycles. The van der Waals surface area contributed by atoms with E-state index in [0.717, 1.165) is 10.8 Å². The van der Waals surface area contributed by atoms with Crippen LogP contribution in [0.2, 0.25) is 0 Å². The molecule has 2 N–H and O–H groups in total. The molecule has 0 saturated carbocycles. The normalized spacial score (nSPS) is 13.5. The predicted molar refractivity (Wildman–Crippen MR) is 169 cm³/mol. The number of fused-ring (bicyclic) bond motifs is 1. The molecule has 3 atom stereocenters.